The van der Waals surface area contributed by atoms with Crippen molar-refractivity contribution in [2.75, 3.05) is 5.75 Å². The predicted molar refractivity (Wildman–Crippen MR) is 74.8 cm³/mol. The van der Waals surface area contributed by atoms with E-state index in [1.54, 1.807) is 0 Å². The number of benzene rings is 1. The van der Waals surface area contributed by atoms with Crippen LogP contribution in [0.4, 0.5) is 13.2 Å². The zero-order chi connectivity index (χ0) is 15.5. The SMILES string of the molecule is CCSc1cc(C(F)(F)F)ccc1-c1ncc(CO)cn1. The van der Waals surface area contributed by atoms with E-state index in [1.165, 1.54) is 30.2 Å². The van der Waals surface area contributed by atoms with Crippen LogP contribution in [0, 0.1) is 0 Å². The lowest BCUT2D eigenvalue weighted by Gasteiger charge is -2.12. The summed E-state index contributed by atoms with van der Waals surface area (Å²) in [6, 6.07) is 3.53. The topological polar surface area (TPSA) is 46.0 Å². The molecular weight excluding hydrogens is 301 g/mol. The third-order valence-corrected chi connectivity index (χ3v) is 3.68. The van der Waals surface area contributed by atoms with Gasteiger partial charge in [-0.1, -0.05) is 6.92 Å². The average molecular weight is 314 g/mol. The Hall–Kier alpha value is -1.60. The maximum Gasteiger partial charge on any atom is 0.416 e. The van der Waals surface area contributed by atoms with Crippen LogP contribution in [-0.2, 0) is 12.8 Å². The molecule has 0 amide bonds. The number of rotatable bonds is 4. The van der Waals surface area contributed by atoms with Gasteiger partial charge in [0, 0.05) is 28.4 Å². The van der Waals surface area contributed by atoms with E-state index in [4.69, 9.17) is 5.11 Å². The quantitative estimate of drug-likeness (QED) is 0.873. The molecule has 0 bridgehead atoms. The molecular formula is C14H13F3N2OS. The van der Waals surface area contributed by atoms with Crippen molar-refractivity contribution in [2.45, 2.75) is 24.6 Å². The molecule has 0 radical (unpaired) electrons. The summed E-state index contributed by atoms with van der Waals surface area (Å²) in [6.45, 7) is 1.69. The molecule has 0 unspecified atom stereocenters. The monoisotopic (exact) mass is 314 g/mol. The number of halogens is 3. The van der Waals surface area contributed by atoms with Crippen molar-refractivity contribution in [1.29, 1.82) is 0 Å². The molecule has 0 spiro atoms. The second-order valence-electron chi connectivity index (χ2n) is 4.21. The third-order valence-electron chi connectivity index (χ3n) is 2.74. The summed E-state index contributed by atoms with van der Waals surface area (Å²) in [5.74, 6) is 0.986. The van der Waals surface area contributed by atoms with Crippen molar-refractivity contribution in [2.24, 2.45) is 0 Å². The Morgan fingerprint density at radius 3 is 2.38 bits per heavy atom. The van der Waals surface area contributed by atoms with Crippen molar-refractivity contribution >= 4 is 11.8 Å². The van der Waals surface area contributed by atoms with E-state index in [2.05, 4.69) is 9.97 Å². The first-order valence-corrected chi connectivity index (χ1v) is 7.20. The fourth-order valence-corrected chi connectivity index (χ4v) is 2.57. The number of thioether (sulfide) groups is 1. The second kappa shape index (κ2) is 6.44. The second-order valence-corrected chi connectivity index (χ2v) is 5.52. The molecule has 0 aliphatic carbocycles. The first kappa shape index (κ1) is 15.8. The van der Waals surface area contributed by atoms with Gasteiger partial charge in [0.1, 0.15) is 0 Å². The lowest BCUT2D eigenvalue weighted by molar-refractivity contribution is -0.137. The van der Waals surface area contributed by atoms with Gasteiger partial charge in [0.15, 0.2) is 5.82 Å². The minimum absolute atomic E-state index is 0.177. The van der Waals surface area contributed by atoms with E-state index in [0.717, 1.165) is 12.1 Å². The number of hydrogen-bond acceptors (Lipinski definition) is 4. The summed E-state index contributed by atoms with van der Waals surface area (Å²) in [5.41, 5.74) is 0.420. The smallest absolute Gasteiger partial charge is 0.392 e. The highest BCUT2D eigenvalue weighted by atomic mass is 32.2. The van der Waals surface area contributed by atoms with Crippen molar-refractivity contribution in [1.82, 2.24) is 9.97 Å². The fraction of sp³-hybridized carbons (Fsp3) is 0.286. The van der Waals surface area contributed by atoms with Crippen molar-refractivity contribution < 1.29 is 18.3 Å². The average Bonchev–Trinajstić information content (AvgIpc) is 2.47. The van der Waals surface area contributed by atoms with Gasteiger partial charge in [0.05, 0.1) is 12.2 Å². The molecule has 0 saturated heterocycles. The third kappa shape index (κ3) is 3.74. The largest absolute Gasteiger partial charge is 0.416 e. The fourth-order valence-electron chi connectivity index (χ4n) is 1.73. The number of hydrogen-bond donors (Lipinski definition) is 1. The van der Waals surface area contributed by atoms with Crippen LogP contribution in [0.5, 0.6) is 0 Å². The lowest BCUT2D eigenvalue weighted by atomic mass is 10.1. The van der Waals surface area contributed by atoms with Gasteiger partial charge in [-0.2, -0.15) is 13.2 Å². The summed E-state index contributed by atoms with van der Waals surface area (Å²) < 4.78 is 38.3. The maximum atomic E-state index is 12.8. The molecule has 21 heavy (non-hydrogen) atoms. The summed E-state index contributed by atoms with van der Waals surface area (Å²) in [7, 11) is 0. The van der Waals surface area contributed by atoms with Gasteiger partial charge in [-0.15, -0.1) is 11.8 Å². The van der Waals surface area contributed by atoms with Gasteiger partial charge in [-0.05, 0) is 24.0 Å². The summed E-state index contributed by atoms with van der Waals surface area (Å²) in [5, 5.41) is 8.95. The van der Waals surface area contributed by atoms with Crippen LogP contribution in [0.25, 0.3) is 11.4 Å². The van der Waals surface area contributed by atoms with Crippen LogP contribution in [0.3, 0.4) is 0 Å². The lowest BCUT2D eigenvalue weighted by Crippen LogP contribution is -2.05. The van der Waals surface area contributed by atoms with E-state index in [0.29, 0.717) is 27.6 Å². The Morgan fingerprint density at radius 1 is 1.19 bits per heavy atom. The molecule has 0 aliphatic rings. The van der Waals surface area contributed by atoms with E-state index in [1.807, 2.05) is 6.92 Å². The van der Waals surface area contributed by atoms with E-state index in [9.17, 15) is 13.2 Å². The zero-order valence-corrected chi connectivity index (χ0v) is 12.0. The Kier molecular flexibility index (Phi) is 4.84. The van der Waals surface area contributed by atoms with E-state index >= 15 is 0 Å². The molecule has 1 N–H and O–H groups in total. The minimum atomic E-state index is -4.37. The van der Waals surface area contributed by atoms with Crippen LogP contribution < -0.4 is 0 Å². The van der Waals surface area contributed by atoms with Crippen molar-refractivity contribution in [3.8, 4) is 11.4 Å². The minimum Gasteiger partial charge on any atom is -0.392 e. The molecule has 0 atom stereocenters. The first-order valence-electron chi connectivity index (χ1n) is 6.22. The first-order chi connectivity index (χ1) is 9.95. The van der Waals surface area contributed by atoms with Crippen LogP contribution in [-0.4, -0.2) is 20.8 Å². The van der Waals surface area contributed by atoms with E-state index in [-0.39, 0.29) is 6.61 Å². The van der Waals surface area contributed by atoms with Gasteiger partial charge in [0.2, 0.25) is 0 Å². The van der Waals surface area contributed by atoms with Crippen molar-refractivity contribution in [3.05, 3.63) is 41.7 Å². The number of aliphatic hydroxyl groups is 1. The Morgan fingerprint density at radius 2 is 1.86 bits per heavy atom. The number of nitrogens with zero attached hydrogens (tertiary/aromatic N) is 2. The highest BCUT2D eigenvalue weighted by Gasteiger charge is 2.31. The molecule has 112 valence electrons. The van der Waals surface area contributed by atoms with Gasteiger partial charge in [0.25, 0.3) is 0 Å². The highest BCUT2D eigenvalue weighted by molar-refractivity contribution is 7.99. The van der Waals surface area contributed by atoms with Crippen LogP contribution >= 0.6 is 11.8 Å². The van der Waals surface area contributed by atoms with Gasteiger partial charge < -0.3 is 5.11 Å². The molecule has 7 heteroatoms. The van der Waals surface area contributed by atoms with Gasteiger partial charge in [-0.3, -0.25) is 0 Å². The molecule has 0 aliphatic heterocycles. The normalized spacial score (nSPS) is 11.7. The predicted octanol–water partition coefficient (Wildman–Crippen LogP) is 3.77. The molecule has 2 aromatic rings. The maximum absolute atomic E-state index is 12.8. The molecule has 1 aromatic carbocycles. The molecule has 1 heterocycles. The number of aromatic nitrogens is 2. The highest BCUT2D eigenvalue weighted by Crippen LogP contribution is 2.36. The Labute approximate surface area is 124 Å². The van der Waals surface area contributed by atoms with E-state index < -0.39 is 11.7 Å². The van der Waals surface area contributed by atoms with Crippen LogP contribution in [0.2, 0.25) is 0 Å². The molecule has 1 aromatic heterocycles. The number of aliphatic hydroxyl groups excluding tert-OH is 1. The van der Waals surface area contributed by atoms with Gasteiger partial charge >= 0.3 is 6.18 Å². The Bertz CT molecular complexity index is 615. The molecule has 0 saturated carbocycles. The van der Waals surface area contributed by atoms with Crippen molar-refractivity contribution in [3.63, 3.8) is 0 Å². The molecule has 2 rings (SSSR count). The molecule has 3 nitrogen and oxygen atoms in total. The van der Waals surface area contributed by atoms with Crippen LogP contribution in [0.15, 0.2) is 35.5 Å². The molecule has 0 fully saturated rings. The summed E-state index contributed by atoms with van der Waals surface area (Å²) >= 11 is 1.31. The summed E-state index contributed by atoms with van der Waals surface area (Å²) in [4.78, 5) is 8.67. The zero-order valence-electron chi connectivity index (χ0n) is 11.2. The standard InChI is InChI=1S/C14H13F3N2OS/c1-2-21-12-5-10(14(15,16)17)3-4-11(12)13-18-6-9(8-20)7-19-13/h3-7,20H,2,8H2,1H3. The van der Waals surface area contributed by atoms with Gasteiger partial charge in [-0.25, -0.2) is 9.97 Å². The number of alkyl halides is 3. The Balaban J connectivity index is 2.46. The summed E-state index contributed by atoms with van der Waals surface area (Å²) in [6.07, 6.45) is -1.45. The van der Waals surface area contributed by atoms with Crippen LogP contribution in [0.1, 0.15) is 18.1 Å².